The lowest BCUT2D eigenvalue weighted by Gasteiger charge is -2.49. The van der Waals surface area contributed by atoms with Gasteiger partial charge in [0.15, 0.2) is 6.29 Å². The highest BCUT2D eigenvalue weighted by Gasteiger charge is 2.51. The second-order valence-corrected chi connectivity index (χ2v) is 8.50. The summed E-state index contributed by atoms with van der Waals surface area (Å²) in [6.45, 7) is 3.11. The second-order valence-electron chi connectivity index (χ2n) is 7.81. The van der Waals surface area contributed by atoms with Crippen molar-refractivity contribution in [1.29, 1.82) is 0 Å². The van der Waals surface area contributed by atoms with Gasteiger partial charge >= 0.3 is 8.25 Å². The number of amides is 2. The van der Waals surface area contributed by atoms with E-state index in [-0.39, 0.29) is 24.0 Å². The molecule has 11 nitrogen and oxygen atoms in total. The van der Waals surface area contributed by atoms with E-state index < -0.39 is 32.8 Å². The van der Waals surface area contributed by atoms with E-state index in [1.165, 1.54) is 6.92 Å². The molecule has 30 heavy (non-hydrogen) atoms. The highest BCUT2D eigenvalue weighted by molar-refractivity contribution is 7.32. The van der Waals surface area contributed by atoms with Crippen molar-refractivity contribution in [3.63, 3.8) is 0 Å². The number of likely N-dealkylation sites (tertiary alicyclic amines) is 1. The van der Waals surface area contributed by atoms with E-state index in [4.69, 9.17) is 23.6 Å². The second kappa shape index (κ2) is 10.9. The Balaban J connectivity index is 1.33. The number of hydrogen-bond acceptors (Lipinski definition) is 8. The quantitative estimate of drug-likeness (QED) is 0.322. The molecule has 3 fully saturated rings. The van der Waals surface area contributed by atoms with Gasteiger partial charge in [-0.15, -0.1) is 9.42 Å². The van der Waals surface area contributed by atoms with Crippen molar-refractivity contribution in [2.75, 3.05) is 26.3 Å². The largest absolute Gasteiger partial charge is 0.694 e. The van der Waals surface area contributed by atoms with E-state index in [1.807, 2.05) is 0 Å². The monoisotopic (exact) mass is 449 g/mol. The zero-order chi connectivity index (χ0) is 21.7. The third-order valence-electron chi connectivity index (χ3n) is 5.60. The van der Waals surface area contributed by atoms with Crippen LogP contribution in [0.5, 0.6) is 0 Å². The molecule has 3 N–H and O–H groups in total. The summed E-state index contributed by atoms with van der Waals surface area (Å²) in [6, 6.07) is -0.705. The van der Waals surface area contributed by atoms with Crippen LogP contribution in [0.25, 0.3) is 0 Å². The van der Waals surface area contributed by atoms with Gasteiger partial charge in [0.25, 0.3) is 0 Å². The number of aliphatic hydroxyl groups is 1. The standard InChI is InChI=1S/C18H29N2O9P/c1-11(21)19-15-16(23)17-13(10-27-17)28-18(15)26-9-3-2-4-14(22)20-7-5-12(6-8-20)29-30(24)25/h12-13,15-18,23H,2-10H2,1H3,(H-,19,21,24,25)/p+1/t13?,15-,16?,17-,18+/m0/s1. The highest BCUT2D eigenvalue weighted by atomic mass is 31.1. The van der Waals surface area contributed by atoms with Crippen LogP contribution in [0.4, 0.5) is 0 Å². The van der Waals surface area contributed by atoms with Gasteiger partial charge in [0.1, 0.15) is 30.5 Å². The van der Waals surface area contributed by atoms with Crippen LogP contribution in [0.2, 0.25) is 0 Å². The average molecular weight is 449 g/mol. The van der Waals surface area contributed by atoms with Crippen molar-refractivity contribution < 1.29 is 42.9 Å². The van der Waals surface area contributed by atoms with Gasteiger partial charge in [-0.3, -0.25) is 9.59 Å². The summed E-state index contributed by atoms with van der Waals surface area (Å²) >= 11 is 0. The maximum atomic E-state index is 12.3. The Morgan fingerprint density at radius 1 is 1.27 bits per heavy atom. The Morgan fingerprint density at radius 3 is 2.60 bits per heavy atom. The van der Waals surface area contributed by atoms with E-state index in [0.717, 1.165) is 0 Å². The molecule has 3 heterocycles. The Morgan fingerprint density at radius 2 is 2.00 bits per heavy atom. The molecule has 0 aliphatic carbocycles. The first kappa shape index (κ1) is 23.5. The normalized spacial score (nSPS) is 32.2. The lowest BCUT2D eigenvalue weighted by Crippen LogP contribution is -2.69. The molecule has 0 aromatic carbocycles. The molecular weight excluding hydrogens is 419 g/mol. The number of ether oxygens (including phenoxy) is 3. The van der Waals surface area contributed by atoms with E-state index in [9.17, 15) is 19.3 Å². The van der Waals surface area contributed by atoms with Crippen LogP contribution in [-0.4, -0.2) is 89.8 Å². The van der Waals surface area contributed by atoms with Gasteiger partial charge < -0.3 is 29.5 Å². The van der Waals surface area contributed by atoms with Crippen molar-refractivity contribution in [2.24, 2.45) is 0 Å². The summed E-state index contributed by atoms with van der Waals surface area (Å²) in [5.74, 6) is -0.253. The molecule has 3 saturated heterocycles. The van der Waals surface area contributed by atoms with Crippen molar-refractivity contribution in [3.05, 3.63) is 0 Å². The molecule has 0 spiro atoms. The predicted octanol–water partition coefficient (Wildman–Crippen LogP) is -0.180. The number of unbranched alkanes of at least 4 members (excludes halogenated alkanes) is 1. The summed E-state index contributed by atoms with van der Waals surface area (Å²) in [5, 5.41) is 13.0. The number of nitrogens with zero attached hydrogens (tertiary/aromatic N) is 1. The van der Waals surface area contributed by atoms with E-state index in [0.29, 0.717) is 58.4 Å². The first-order valence-electron chi connectivity index (χ1n) is 10.3. The van der Waals surface area contributed by atoms with Crippen LogP contribution in [0.1, 0.15) is 39.0 Å². The highest BCUT2D eigenvalue weighted by Crippen LogP contribution is 2.31. The third-order valence-corrected chi connectivity index (χ3v) is 6.08. The molecule has 3 aliphatic heterocycles. The first-order valence-corrected chi connectivity index (χ1v) is 11.4. The fourth-order valence-electron chi connectivity index (χ4n) is 3.95. The molecule has 0 radical (unpaired) electrons. The molecule has 0 aromatic rings. The molecule has 3 aliphatic rings. The number of carbonyl (C=O) groups is 2. The van der Waals surface area contributed by atoms with Gasteiger partial charge in [-0.1, -0.05) is 0 Å². The van der Waals surface area contributed by atoms with Crippen molar-refractivity contribution in [1.82, 2.24) is 10.2 Å². The van der Waals surface area contributed by atoms with E-state index in [2.05, 4.69) is 5.32 Å². The minimum atomic E-state index is -2.61. The fraction of sp³-hybridized carbons (Fsp3) is 0.889. The summed E-state index contributed by atoms with van der Waals surface area (Å²) in [7, 11) is -2.61. The molecular formula is C18H30N2O9P+. The zero-order valence-corrected chi connectivity index (χ0v) is 17.9. The van der Waals surface area contributed by atoms with Crippen molar-refractivity contribution in [3.8, 4) is 0 Å². The van der Waals surface area contributed by atoms with Crippen LogP contribution in [0, 0.1) is 0 Å². The van der Waals surface area contributed by atoms with Crippen LogP contribution in [-0.2, 0) is 32.9 Å². The van der Waals surface area contributed by atoms with Crippen molar-refractivity contribution in [2.45, 2.75) is 75.8 Å². The molecule has 12 heteroatoms. The topological polar surface area (TPSA) is 144 Å². The van der Waals surface area contributed by atoms with Gasteiger partial charge in [0.05, 0.1) is 6.61 Å². The number of nitrogens with one attached hydrogen (secondary N) is 1. The van der Waals surface area contributed by atoms with Gasteiger partial charge in [-0.05, 0) is 25.7 Å². The van der Waals surface area contributed by atoms with E-state index >= 15 is 0 Å². The Bertz CT molecular complexity index is 629. The summed E-state index contributed by atoms with van der Waals surface area (Å²) < 4.78 is 32.4. The minimum absolute atomic E-state index is 0.0387. The number of carbonyl (C=O) groups excluding carboxylic acids is 2. The van der Waals surface area contributed by atoms with Gasteiger partial charge in [0.2, 0.25) is 11.8 Å². The third kappa shape index (κ3) is 6.16. The Kier molecular flexibility index (Phi) is 8.52. The number of hydrogen-bond donors (Lipinski definition) is 3. The maximum absolute atomic E-state index is 12.3. The SMILES string of the molecule is CC(=O)N[C@H]1C(O)[C@H]2OCC2O[C@H]1OCCCCC(=O)N1CCC(O[P+](=O)O)CC1. The molecule has 2 amide bonds. The molecule has 170 valence electrons. The summed E-state index contributed by atoms with van der Waals surface area (Å²) in [6.07, 6.45) is 0.105. The minimum Gasteiger partial charge on any atom is -0.388 e. The molecule has 0 saturated carbocycles. The van der Waals surface area contributed by atoms with Crippen LogP contribution in [0.15, 0.2) is 0 Å². The lowest BCUT2D eigenvalue weighted by atomic mass is 9.93. The number of aliphatic hydroxyl groups excluding tert-OH is 1. The zero-order valence-electron chi connectivity index (χ0n) is 17.0. The average Bonchev–Trinajstić information content (AvgIpc) is 2.66. The smallest absolute Gasteiger partial charge is 0.388 e. The summed E-state index contributed by atoms with van der Waals surface area (Å²) in [5.41, 5.74) is 0. The predicted molar refractivity (Wildman–Crippen MR) is 102 cm³/mol. The van der Waals surface area contributed by atoms with Gasteiger partial charge in [-0.2, -0.15) is 0 Å². The Labute approximate surface area is 175 Å². The number of piperidine rings is 1. The maximum Gasteiger partial charge on any atom is 0.694 e. The van der Waals surface area contributed by atoms with Crippen molar-refractivity contribution >= 4 is 20.1 Å². The first-order chi connectivity index (χ1) is 14.3. The lowest BCUT2D eigenvalue weighted by molar-refractivity contribution is -0.327. The molecule has 3 unspecified atom stereocenters. The molecule has 6 atom stereocenters. The van der Waals surface area contributed by atoms with Crippen LogP contribution < -0.4 is 5.32 Å². The van der Waals surface area contributed by atoms with Gasteiger partial charge in [0, 0.05) is 37.6 Å². The molecule has 3 rings (SSSR count). The molecule has 0 aromatic heterocycles. The summed E-state index contributed by atoms with van der Waals surface area (Å²) in [4.78, 5) is 34.3. The van der Waals surface area contributed by atoms with E-state index in [1.54, 1.807) is 4.90 Å². The molecule has 0 bridgehead atoms. The van der Waals surface area contributed by atoms with Crippen LogP contribution >= 0.6 is 8.25 Å². The number of fused-ring (bicyclic) bond motifs is 1. The van der Waals surface area contributed by atoms with Crippen LogP contribution in [0.3, 0.4) is 0 Å². The Hall–Kier alpha value is -1.20. The fourth-order valence-corrected chi connectivity index (χ4v) is 4.41. The van der Waals surface area contributed by atoms with Gasteiger partial charge in [-0.25, -0.2) is 0 Å². The number of rotatable bonds is 9.